The summed E-state index contributed by atoms with van der Waals surface area (Å²) in [4.78, 5) is 24.5. The fourth-order valence-corrected chi connectivity index (χ4v) is 3.07. The third-order valence-electron chi connectivity index (χ3n) is 3.45. The molecule has 0 unspecified atom stereocenters. The van der Waals surface area contributed by atoms with Gasteiger partial charge in [-0.25, -0.2) is 4.79 Å². The van der Waals surface area contributed by atoms with Gasteiger partial charge in [0.2, 0.25) is 5.91 Å². The van der Waals surface area contributed by atoms with E-state index in [1.807, 2.05) is 42.5 Å². The minimum atomic E-state index is -0.363. The Kier molecular flexibility index (Phi) is 8.49. The van der Waals surface area contributed by atoms with Crippen LogP contribution in [-0.2, 0) is 14.3 Å². The van der Waals surface area contributed by atoms with Crippen molar-refractivity contribution < 1.29 is 14.3 Å². The molecule has 26 heavy (non-hydrogen) atoms. The summed E-state index contributed by atoms with van der Waals surface area (Å²) in [6, 6.07) is 17.5. The SMILES string of the molecule is CCOC(=O)C=Cc1ccc(NC(=O)CCCSc2ccccc2)cc1. The summed E-state index contributed by atoms with van der Waals surface area (Å²) in [7, 11) is 0. The van der Waals surface area contributed by atoms with Crippen molar-refractivity contribution in [2.45, 2.75) is 24.7 Å². The molecule has 1 N–H and O–H groups in total. The summed E-state index contributed by atoms with van der Waals surface area (Å²) >= 11 is 1.76. The maximum Gasteiger partial charge on any atom is 0.330 e. The lowest BCUT2D eigenvalue weighted by atomic mass is 10.2. The molecule has 136 valence electrons. The minimum absolute atomic E-state index is 0.00785. The second-order valence-corrected chi connectivity index (χ2v) is 6.69. The average Bonchev–Trinajstić information content (AvgIpc) is 2.66. The van der Waals surface area contributed by atoms with E-state index in [1.165, 1.54) is 11.0 Å². The van der Waals surface area contributed by atoms with Gasteiger partial charge in [0, 0.05) is 23.1 Å². The van der Waals surface area contributed by atoms with E-state index in [0.717, 1.165) is 23.4 Å². The van der Waals surface area contributed by atoms with Crippen LogP contribution in [0.25, 0.3) is 6.08 Å². The van der Waals surface area contributed by atoms with Gasteiger partial charge >= 0.3 is 5.97 Å². The first-order chi connectivity index (χ1) is 12.7. The fraction of sp³-hybridized carbons (Fsp3) is 0.238. The molecule has 0 atom stereocenters. The zero-order valence-corrected chi connectivity index (χ0v) is 15.6. The molecular weight excluding hydrogens is 346 g/mol. The normalized spacial score (nSPS) is 10.7. The maximum atomic E-state index is 12.0. The Morgan fingerprint density at radius 2 is 1.81 bits per heavy atom. The quantitative estimate of drug-likeness (QED) is 0.299. The molecule has 2 aromatic rings. The Hall–Kier alpha value is -2.53. The summed E-state index contributed by atoms with van der Waals surface area (Å²) in [6.45, 7) is 2.13. The molecule has 0 saturated carbocycles. The molecule has 0 heterocycles. The topological polar surface area (TPSA) is 55.4 Å². The van der Waals surface area contributed by atoms with Crippen molar-refractivity contribution in [1.82, 2.24) is 0 Å². The van der Waals surface area contributed by atoms with E-state index in [4.69, 9.17) is 4.74 Å². The Morgan fingerprint density at radius 3 is 2.50 bits per heavy atom. The van der Waals surface area contributed by atoms with Gasteiger partial charge in [-0.05, 0) is 55.0 Å². The van der Waals surface area contributed by atoms with Crippen molar-refractivity contribution in [3.8, 4) is 0 Å². The Bertz CT molecular complexity index is 727. The van der Waals surface area contributed by atoms with Gasteiger partial charge in [-0.1, -0.05) is 30.3 Å². The first-order valence-electron chi connectivity index (χ1n) is 8.60. The van der Waals surface area contributed by atoms with E-state index in [0.29, 0.717) is 13.0 Å². The monoisotopic (exact) mass is 369 g/mol. The number of nitrogens with one attached hydrogen (secondary N) is 1. The molecule has 0 aliphatic carbocycles. The van der Waals surface area contributed by atoms with Crippen molar-refractivity contribution in [2.24, 2.45) is 0 Å². The van der Waals surface area contributed by atoms with Crippen LogP contribution in [0.3, 0.4) is 0 Å². The van der Waals surface area contributed by atoms with Gasteiger partial charge in [-0.15, -0.1) is 11.8 Å². The first-order valence-corrected chi connectivity index (χ1v) is 9.58. The molecule has 0 bridgehead atoms. The molecule has 0 saturated heterocycles. The largest absolute Gasteiger partial charge is 0.463 e. The van der Waals surface area contributed by atoms with E-state index >= 15 is 0 Å². The summed E-state index contributed by atoms with van der Waals surface area (Å²) in [5.41, 5.74) is 1.62. The number of amides is 1. The molecule has 0 spiro atoms. The van der Waals surface area contributed by atoms with E-state index < -0.39 is 0 Å². The van der Waals surface area contributed by atoms with Gasteiger partial charge in [0.05, 0.1) is 6.61 Å². The van der Waals surface area contributed by atoms with Gasteiger partial charge in [-0.3, -0.25) is 4.79 Å². The highest BCUT2D eigenvalue weighted by molar-refractivity contribution is 7.99. The van der Waals surface area contributed by atoms with Gasteiger partial charge in [0.25, 0.3) is 0 Å². The lowest BCUT2D eigenvalue weighted by Crippen LogP contribution is -2.11. The van der Waals surface area contributed by atoms with E-state index in [1.54, 1.807) is 24.8 Å². The minimum Gasteiger partial charge on any atom is -0.463 e. The molecule has 0 aromatic heterocycles. The van der Waals surface area contributed by atoms with E-state index in [2.05, 4.69) is 17.4 Å². The van der Waals surface area contributed by atoms with E-state index in [-0.39, 0.29) is 11.9 Å². The number of rotatable bonds is 9. The molecular formula is C21H23NO3S. The lowest BCUT2D eigenvalue weighted by Gasteiger charge is -2.06. The van der Waals surface area contributed by atoms with Crippen molar-refractivity contribution in [3.63, 3.8) is 0 Å². The number of ether oxygens (including phenoxy) is 1. The lowest BCUT2D eigenvalue weighted by molar-refractivity contribution is -0.137. The van der Waals surface area contributed by atoms with Gasteiger partial charge in [-0.2, -0.15) is 0 Å². The van der Waals surface area contributed by atoms with Crippen LogP contribution in [-0.4, -0.2) is 24.2 Å². The maximum absolute atomic E-state index is 12.0. The zero-order chi connectivity index (χ0) is 18.6. The number of carbonyl (C=O) groups excluding carboxylic acids is 2. The van der Waals surface area contributed by atoms with Crippen LogP contribution >= 0.6 is 11.8 Å². The van der Waals surface area contributed by atoms with Crippen molar-refractivity contribution in [3.05, 3.63) is 66.2 Å². The van der Waals surface area contributed by atoms with Crippen LogP contribution in [0, 0.1) is 0 Å². The molecule has 2 rings (SSSR count). The third kappa shape index (κ3) is 7.57. The highest BCUT2D eigenvalue weighted by atomic mass is 32.2. The van der Waals surface area contributed by atoms with Gasteiger partial charge in [0.15, 0.2) is 0 Å². The average molecular weight is 369 g/mol. The second kappa shape index (κ2) is 11.2. The van der Waals surface area contributed by atoms with Crippen LogP contribution in [0.15, 0.2) is 65.6 Å². The Morgan fingerprint density at radius 1 is 1.08 bits per heavy atom. The predicted octanol–water partition coefficient (Wildman–Crippen LogP) is 4.77. The van der Waals surface area contributed by atoms with Crippen molar-refractivity contribution in [1.29, 1.82) is 0 Å². The fourth-order valence-electron chi connectivity index (χ4n) is 2.20. The number of hydrogen-bond donors (Lipinski definition) is 1. The number of benzene rings is 2. The van der Waals surface area contributed by atoms with Crippen molar-refractivity contribution >= 4 is 35.4 Å². The van der Waals surface area contributed by atoms with E-state index in [9.17, 15) is 9.59 Å². The van der Waals surface area contributed by atoms with Crippen LogP contribution in [0.4, 0.5) is 5.69 Å². The molecule has 4 nitrogen and oxygen atoms in total. The smallest absolute Gasteiger partial charge is 0.330 e. The third-order valence-corrected chi connectivity index (χ3v) is 4.55. The zero-order valence-electron chi connectivity index (χ0n) is 14.8. The molecule has 2 aromatic carbocycles. The van der Waals surface area contributed by atoms with Crippen molar-refractivity contribution in [2.75, 3.05) is 17.7 Å². The highest BCUT2D eigenvalue weighted by Crippen LogP contribution is 2.18. The number of anilines is 1. The number of thioether (sulfide) groups is 1. The summed E-state index contributed by atoms with van der Waals surface area (Å²) in [5, 5.41) is 2.89. The molecule has 0 fully saturated rings. The Labute approximate surface area is 158 Å². The van der Waals surface area contributed by atoms with Gasteiger partial charge < -0.3 is 10.1 Å². The molecule has 0 aliphatic heterocycles. The van der Waals surface area contributed by atoms with Crippen LogP contribution in [0.2, 0.25) is 0 Å². The summed E-state index contributed by atoms with van der Waals surface area (Å²) < 4.78 is 4.83. The summed E-state index contributed by atoms with van der Waals surface area (Å²) in [6.07, 6.45) is 4.39. The first kappa shape index (κ1) is 19.8. The molecule has 0 radical (unpaired) electrons. The number of esters is 1. The molecule has 0 aliphatic rings. The van der Waals surface area contributed by atoms with Gasteiger partial charge in [0.1, 0.15) is 0 Å². The highest BCUT2D eigenvalue weighted by Gasteiger charge is 2.03. The second-order valence-electron chi connectivity index (χ2n) is 5.52. The van der Waals surface area contributed by atoms with Crippen LogP contribution in [0.5, 0.6) is 0 Å². The van der Waals surface area contributed by atoms with Crippen LogP contribution in [0.1, 0.15) is 25.3 Å². The number of hydrogen-bond acceptors (Lipinski definition) is 4. The summed E-state index contributed by atoms with van der Waals surface area (Å²) in [5.74, 6) is 0.557. The number of carbonyl (C=O) groups is 2. The Balaban J connectivity index is 1.70. The standard InChI is InChI=1S/C21H23NO3S/c1-2-25-21(24)15-12-17-10-13-18(14-11-17)22-20(23)9-6-16-26-19-7-4-3-5-8-19/h3-5,7-8,10-15H,2,6,9,16H2,1H3,(H,22,23). The van der Waals surface area contributed by atoms with Crippen LogP contribution < -0.4 is 5.32 Å². The predicted molar refractivity (Wildman–Crippen MR) is 107 cm³/mol. The molecule has 1 amide bonds. The molecule has 5 heteroatoms.